The van der Waals surface area contributed by atoms with Crippen LogP contribution in [0, 0.1) is 0 Å². The van der Waals surface area contributed by atoms with E-state index in [1.165, 1.54) is 32.4 Å². The average molecular weight is 452 g/mol. The maximum atomic E-state index is 12.9. The molecule has 13 nitrogen and oxygen atoms in total. The predicted octanol–water partition coefficient (Wildman–Crippen LogP) is 0.924. The van der Waals surface area contributed by atoms with Gasteiger partial charge in [-0.25, -0.2) is 27.9 Å². The summed E-state index contributed by atoms with van der Waals surface area (Å²) in [5.41, 5.74) is 0. The molecule has 0 spiro atoms. The molecule has 0 aliphatic heterocycles. The molecule has 2 amide bonds. The highest BCUT2D eigenvalue weighted by molar-refractivity contribution is 7.90. The quantitative estimate of drug-likeness (QED) is 0.466. The van der Waals surface area contributed by atoms with Gasteiger partial charge in [0.05, 0.1) is 20.3 Å². The molecule has 2 N–H and O–H groups in total. The largest absolute Gasteiger partial charge is 0.481 e. The number of urea groups is 1. The van der Waals surface area contributed by atoms with Crippen molar-refractivity contribution < 1.29 is 32.2 Å². The topological polar surface area (TPSA) is 164 Å². The van der Waals surface area contributed by atoms with Crippen molar-refractivity contribution in [3.05, 3.63) is 37.7 Å². The van der Waals surface area contributed by atoms with Crippen LogP contribution in [0.1, 0.15) is 0 Å². The van der Waals surface area contributed by atoms with Gasteiger partial charge in [0.2, 0.25) is 34.4 Å². The third-order valence-corrected chi connectivity index (χ3v) is 4.57. The van der Waals surface area contributed by atoms with E-state index in [0.717, 1.165) is 6.33 Å². The maximum Gasteiger partial charge on any atom is 0.335 e. The van der Waals surface area contributed by atoms with Crippen molar-refractivity contribution in [1.82, 2.24) is 24.7 Å². The smallest absolute Gasteiger partial charge is 0.335 e. The molecule has 14 heteroatoms. The summed E-state index contributed by atoms with van der Waals surface area (Å²) in [7, 11) is -1.86. The van der Waals surface area contributed by atoms with E-state index >= 15 is 0 Å². The molecule has 0 saturated carbocycles. The van der Waals surface area contributed by atoms with Gasteiger partial charge in [0, 0.05) is 0 Å². The van der Waals surface area contributed by atoms with Crippen LogP contribution in [0.3, 0.4) is 0 Å². The number of carbonyl (C=O) groups is 1. The minimum absolute atomic E-state index is 0.0515. The van der Waals surface area contributed by atoms with Crippen molar-refractivity contribution in [2.45, 2.75) is 4.90 Å². The fourth-order valence-electron chi connectivity index (χ4n) is 2.02. The predicted molar refractivity (Wildman–Crippen MR) is 108 cm³/mol. The summed E-state index contributed by atoms with van der Waals surface area (Å²) in [6.07, 6.45) is 3.82. The lowest BCUT2D eigenvalue weighted by molar-refractivity contribution is 0.256. The summed E-state index contributed by atoms with van der Waals surface area (Å²) >= 11 is 0. The molecule has 0 bridgehead atoms. The number of methoxy groups -OCH3 is 2. The zero-order valence-electron chi connectivity index (χ0n) is 16.7. The Morgan fingerprint density at radius 3 is 2.00 bits per heavy atom. The van der Waals surface area contributed by atoms with Gasteiger partial charge >= 0.3 is 6.03 Å². The van der Waals surface area contributed by atoms with Crippen molar-refractivity contribution >= 4 is 22.0 Å². The highest BCUT2D eigenvalue weighted by atomic mass is 32.2. The zero-order valence-corrected chi connectivity index (χ0v) is 17.5. The fraction of sp³-hybridized carbons (Fsp3) is 0.235. The number of rotatable bonds is 11. The summed E-state index contributed by atoms with van der Waals surface area (Å²) in [6.45, 7) is 6.87. The van der Waals surface area contributed by atoms with Crippen molar-refractivity contribution in [1.29, 1.82) is 0 Å². The first kappa shape index (κ1) is 23.3. The van der Waals surface area contributed by atoms with E-state index in [9.17, 15) is 13.2 Å². The van der Waals surface area contributed by atoms with Gasteiger partial charge < -0.3 is 18.9 Å². The molecule has 2 heterocycles. The van der Waals surface area contributed by atoms with Crippen LogP contribution in [-0.4, -0.2) is 61.8 Å². The van der Waals surface area contributed by atoms with Gasteiger partial charge in [-0.15, -0.1) is 0 Å². The summed E-state index contributed by atoms with van der Waals surface area (Å²) < 4.78 is 48.1. The Bertz CT molecular complexity index is 1010. The Hall–Kier alpha value is -3.94. The second-order valence-electron chi connectivity index (χ2n) is 5.35. The number of aromatic nitrogens is 4. The number of nitrogens with one attached hydrogen (secondary N) is 2. The highest BCUT2D eigenvalue weighted by Crippen LogP contribution is 2.29. The molecule has 0 fully saturated rings. The molecule has 0 saturated heterocycles. The second-order valence-corrected chi connectivity index (χ2v) is 6.97. The molecule has 0 unspecified atom stereocenters. The van der Waals surface area contributed by atoms with Crippen LogP contribution < -0.4 is 29.0 Å². The van der Waals surface area contributed by atoms with E-state index in [2.05, 4.69) is 38.4 Å². The lowest BCUT2D eigenvalue weighted by atomic mass is 10.5. The molecule has 0 aliphatic rings. The van der Waals surface area contributed by atoms with E-state index < -0.39 is 20.9 Å². The number of sulfonamides is 1. The molecule has 0 aliphatic carbocycles. The normalized spacial score (nSPS) is 10.5. The van der Waals surface area contributed by atoms with Crippen molar-refractivity contribution in [3.8, 4) is 23.5 Å². The van der Waals surface area contributed by atoms with E-state index in [1.807, 2.05) is 0 Å². The summed E-state index contributed by atoms with van der Waals surface area (Å²) in [4.78, 5) is 27.1. The van der Waals surface area contributed by atoms with E-state index in [1.54, 1.807) is 4.72 Å². The zero-order chi connectivity index (χ0) is 22.9. The van der Waals surface area contributed by atoms with Gasteiger partial charge in [-0.05, 0) is 0 Å². The molecule has 0 atom stereocenters. The average Bonchev–Trinajstić information content (AvgIpc) is 2.75. The van der Waals surface area contributed by atoms with Gasteiger partial charge in [-0.1, -0.05) is 25.3 Å². The number of carbonyl (C=O) groups excluding carboxylic acids is 1. The lowest BCUT2D eigenvalue weighted by Gasteiger charge is -2.14. The number of hydrogen-bond acceptors (Lipinski definition) is 11. The van der Waals surface area contributed by atoms with Gasteiger partial charge in [0.1, 0.15) is 19.5 Å². The van der Waals surface area contributed by atoms with Gasteiger partial charge in [0.15, 0.2) is 0 Å². The molecule has 2 rings (SSSR count). The molecule has 0 aromatic carbocycles. The Morgan fingerprint density at radius 1 is 1.03 bits per heavy atom. The monoisotopic (exact) mass is 452 g/mol. The summed E-state index contributed by atoms with van der Waals surface area (Å²) in [5.74, 6) is -0.773. The van der Waals surface area contributed by atoms with Gasteiger partial charge in [-0.3, -0.25) is 5.32 Å². The number of hydrogen-bond donors (Lipinski definition) is 2. The van der Waals surface area contributed by atoms with Crippen LogP contribution in [0.2, 0.25) is 0 Å². The first-order valence-corrected chi connectivity index (χ1v) is 9.96. The van der Waals surface area contributed by atoms with Gasteiger partial charge in [0.25, 0.3) is 10.0 Å². The number of amides is 2. The van der Waals surface area contributed by atoms with Crippen LogP contribution in [0.25, 0.3) is 0 Å². The number of ether oxygens (including phenoxy) is 4. The molecular weight excluding hydrogens is 432 g/mol. The lowest BCUT2D eigenvalue weighted by Crippen LogP contribution is -2.35. The molecular formula is C17H20N6O7S. The Labute approximate surface area is 178 Å². The van der Waals surface area contributed by atoms with Crippen LogP contribution in [0.15, 0.2) is 42.6 Å². The number of anilines is 1. The van der Waals surface area contributed by atoms with E-state index in [4.69, 9.17) is 18.9 Å². The maximum absolute atomic E-state index is 12.9. The van der Waals surface area contributed by atoms with Crippen molar-refractivity contribution in [3.63, 3.8) is 0 Å². The van der Waals surface area contributed by atoms with Gasteiger partial charge in [-0.2, -0.15) is 9.97 Å². The van der Waals surface area contributed by atoms with Crippen molar-refractivity contribution in [2.24, 2.45) is 0 Å². The highest BCUT2D eigenvalue weighted by Gasteiger charge is 2.30. The molecule has 2 aromatic heterocycles. The van der Waals surface area contributed by atoms with Crippen LogP contribution in [0.4, 0.5) is 10.7 Å². The molecule has 2 aromatic rings. The minimum atomic E-state index is -4.56. The van der Waals surface area contributed by atoms with Crippen LogP contribution >= 0.6 is 0 Å². The Kier molecular flexibility index (Phi) is 8.08. The fourth-order valence-corrected chi connectivity index (χ4v) is 3.10. The summed E-state index contributed by atoms with van der Waals surface area (Å²) in [6, 6.07) is 0.191. The molecule has 0 radical (unpaired) electrons. The minimum Gasteiger partial charge on any atom is -0.481 e. The first-order valence-electron chi connectivity index (χ1n) is 8.47. The third-order valence-electron chi connectivity index (χ3n) is 3.23. The third kappa shape index (κ3) is 6.27. The standard InChI is InChI=1S/C17H20N6O7S/c1-5-7-29-14-13(15(19-10-18-14)30-8-6-2)31(25,26)23-17(24)22-16-20-11(27-3)9-12(21-16)28-4/h5-6,9-10H,1-2,7-8H2,3-4H3,(H2,20,21,22,23,24). The second kappa shape index (κ2) is 10.7. The summed E-state index contributed by atoms with van der Waals surface area (Å²) in [5, 5.41) is 2.18. The Morgan fingerprint density at radius 2 is 1.55 bits per heavy atom. The molecule has 31 heavy (non-hydrogen) atoms. The van der Waals surface area contributed by atoms with E-state index in [0.29, 0.717) is 0 Å². The number of nitrogens with zero attached hydrogens (tertiary/aromatic N) is 4. The first-order chi connectivity index (χ1) is 14.8. The van der Waals surface area contributed by atoms with Crippen LogP contribution in [-0.2, 0) is 10.0 Å². The van der Waals surface area contributed by atoms with Crippen molar-refractivity contribution in [2.75, 3.05) is 32.8 Å². The van der Waals surface area contributed by atoms with Crippen LogP contribution in [0.5, 0.6) is 23.5 Å². The molecule has 166 valence electrons. The van der Waals surface area contributed by atoms with E-state index in [-0.39, 0.29) is 42.7 Å². The SMILES string of the molecule is C=CCOc1ncnc(OCC=C)c1S(=O)(=O)NC(=O)Nc1nc(OC)cc(OC)n1. The Balaban J connectivity index is 2.33.